The molecule has 84 valence electrons. The second-order valence-corrected chi connectivity index (χ2v) is 3.15. The van der Waals surface area contributed by atoms with Crippen molar-refractivity contribution in [3.63, 3.8) is 0 Å². The van der Waals surface area contributed by atoms with Gasteiger partial charge in [0.05, 0.1) is 18.4 Å². The van der Waals surface area contributed by atoms with Gasteiger partial charge in [0.25, 0.3) is 5.89 Å². The number of nitrogens with zero attached hydrogens (tertiary/aromatic N) is 3. The van der Waals surface area contributed by atoms with Gasteiger partial charge >= 0.3 is 0 Å². The van der Waals surface area contributed by atoms with E-state index >= 15 is 0 Å². The Labute approximate surface area is 91.9 Å². The fourth-order valence-corrected chi connectivity index (χ4v) is 1.23. The summed E-state index contributed by atoms with van der Waals surface area (Å²) in [5.41, 5.74) is 0.478. The number of hydrogen-bond donors (Lipinski definition) is 1. The third-order valence-electron chi connectivity index (χ3n) is 2.03. The molecule has 0 atom stereocenters. The summed E-state index contributed by atoms with van der Waals surface area (Å²) in [6.07, 6.45) is 3.45. The minimum absolute atomic E-state index is 0.0180. The Hall–Kier alpha value is -1.95. The van der Waals surface area contributed by atoms with Gasteiger partial charge < -0.3 is 14.4 Å². The van der Waals surface area contributed by atoms with Crippen LogP contribution in [-0.4, -0.2) is 33.9 Å². The molecule has 0 saturated carbocycles. The average molecular weight is 221 g/mol. The van der Waals surface area contributed by atoms with E-state index in [1.54, 1.807) is 19.4 Å². The lowest BCUT2D eigenvalue weighted by Gasteiger charge is -1.95. The highest BCUT2D eigenvalue weighted by atomic mass is 16.5. The smallest absolute Gasteiger partial charge is 0.261 e. The molecule has 0 radical (unpaired) electrons. The van der Waals surface area contributed by atoms with Crippen LogP contribution in [0.25, 0.3) is 11.5 Å². The monoisotopic (exact) mass is 221 g/mol. The van der Waals surface area contributed by atoms with Gasteiger partial charge in [-0.3, -0.25) is 4.98 Å². The highest BCUT2D eigenvalue weighted by molar-refractivity contribution is 5.60. The number of methoxy groups -OCH3 is 1. The van der Waals surface area contributed by atoms with Crippen LogP contribution in [0.3, 0.4) is 0 Å². The van der Waals surface area contributed by atoms with Crippen molar-refractivity contribution in [3.8, 4) is 17.2 Å². The summed E-state index contributed by atoms with van der Waals surface area (Å²) in [5, 5.41) is 13.3. The molecular formula is C10H11N3O3. The van der Waals surface area contributed by atoms with E-state index in [2.05, 4.69) is 15.1 Å². The van der Waals surface area contributed by atoms with Crippen LogP contribution < -0.4 is 0 Å². The van der Waals surface area contributed by atoms with Gasteiger partial charge in [0, 0.05) is 19.7 Å². The molecule has 0 bridgehead atoms. The summed E-state index contributed by atoms with van der Waals surface area (Å²) in [6, 6.07) is 1.61. The van der Waals surface area contributed by atoms with E-state index < -0.39 is 0 Å². The Morgan fingerprint density at radius 1 is 1.50 bits per heavy atom. The molecule has 1 N–H and O–H groups in total. The largest absolute Gasteiger partial charge is 0.505 e. The maximum atomic E-state index is 9.53. The topological polar surface area (TPSA) is 81.3 Å². The van der Waals surface area contributed by atoms with Gasteiger partial charge in [-0.2, -0.15) is 4.98 Å². The third-order valence-corrected chi connectivity index (χ3v) is 2.03. The van der Waals surface area contributed by atoms with Gasteiger partial charge in [0.15, 0.2) is 5.82 Å². The van der Waals surface area contributed by atoms with Gasteiger partial charge in [0.1, 0.15) is 5.75 Å². The van der Waals surface area contributed by atoms with Crippen molar-refractivity contribution in [2.24, 2.45) is 0 Å². The summed E-state index contributed by atoms with van der Waals surface area (Å²) >= 11 is 0. The number of ether oxygens (including phenoxy) is 1. The van der Waals surface area contributed by atoms with Crippen LogP contribution in [0.5, 0.6) is 5.75 Å². The van der Waals surface area contributed by atoms with Crippen LogP contribution in [0.15, 0.2) is 23.0 Å². The van der Waals surface area contributed by atoms with Crippen LogP contribution in [0.4, 0.5) is 0 Å². The Morgan fingerprint density at radius 3 is 3.12 bits per heavy atom. The van der Waals surface area contributed by atoms with Crippen molar-refractivity contribution < 1.29 is 14.4 Å². The molecule has 0 fully saturated rings. The lowest BCUT2D eigenvalue weighted by Crippen LogP contribution is -1.96. The van der Waals surface area contributed by atoms with Crippen molar-refractivity contribution >= 4 is 0 Å². The molecule has 2 aromatic rings. The lowest BCUT2D eigenvalue weighted by molar-refractivity contribution is 0.199. The van der Waals surface area contributed by atoms with E-state index in [1.807, 2.05) is 0 Å². The Bertz CT molecular complexity index is 470. The number of rotatable bonds is 4. The van der Waals surface area contributed by atoms with Crippen LogP contribution in [0.1, 0.15) is 5.82 Å². The van der Waals surface area contributed by atoms with Crippen LogP contribution in [-0.2, 0) is 11.2 Å². The Kier molecular flexibility index (Phi) is 3.11. The van der Waals surface area contributed by atoms with Crippen LogP contribution in [0, 0.1) is 0 Å². The first-order valence-electron chi connectivity index (χ1n) is 4.76. The molecule has 0 aliphatic heterocycles. The number of hydrogen-bond acceptors (Lipinski definition) is 6. The molecule has 0 saturated heterocycles. The van der Waals surface area contributed by atoms with Gasteiger partial charge in [-0.1, -0.05) is 5.16 Å². The molecule has 0 aliphatic carbocycles. The fraction of sp³-hybridized carbons (Fsp3) is 0.300. The average Bonchev–Trinajstić information content (AvgIpc) is 2.75. The number of pyridine rings is 1. The number of aromatic hydroxyl groups is 1. The first kappa shape index (κ1) is 10.6. The Morgan fingerprint density at radius 2 is 2.38 bits per heavy atom. The Balaban J connectivity index is 2.22. The van der Waals surface area contributed by atoms with Crippen molar-refractivity contribution in [3.05, 3.63) is 24.3 Å². The summed E-state index contributed by atoms with van der Waals surface area (Å²) in [6.45, 7) is 0.529. The molecule has 6 heteroatoms. The van der Waals surface area contributed by atoms with E-state index in [0.717, 1.165) is 0 Å². The van der Waals surface area contributed by atoms with Crippen molar-refractivity contribution in [1.29, 1.82) is 0 Å². The zero-order chi connectivity index (χ0) is 11.4. The third kappa shape index (κ3) is 2.17. The minimum atomic E-state index is 0.0180. The quantitative estimate of drug-likeness (QED) is 0.830. The summed E-state index contributed by atoms with van der Waals surface area (Å²) in [5.74, 6) is 0.850. The highest BCUT2D eigenvalue weighted by Crippen LogP contribution is 2.25. The van der Waals surface area contributed by atoms with Crippen molar-refractivity contribution in [1.82, 2.24) is 15.1 Å². The minimum Gasteiger partial charge on any atom is -0.505 e. The first-order chi connectivity index (χ1) is 7.81. The molecule has 2 heterocycles. The molecule has 0 spiro atoms. The lowest BCUT2D eigenvalue weighted by atomic mass is 10.2. The van der Waals surface area contributed by atoms with Crippen molar-refractivity contribution in [2.45, 2.75) is 6.42 Å². The molecule has 2 aromatic heterocycles. The van der Waals surface area contributed by atoms with Crippen molar-refractivity contribution in [2.75, 3.05) is 13.7 Å². The first-order valence-corrected chi connectivity index (χ1v) is 4.76. The second-order valence-electron chi connectivity index (χ2n) is 3.15. The predicted molar refractivity (Wildman–Crippen MR) is 54.8 cm³/mol. The van der Waals surface area contributed by atoms with Gasteiger partial charge in [-0.15, -0.1) is 0 Å². The standard InChI is InChI=1S/C10H11N3O3/c1-15-5-3-9-12-10(16-13-9)7-2-4-11-6-8(7)14/h2,4,6,14H,3,5H2,1H3. The molecule has 16 heavy (non-hydrogen) atoms. The van der Waals surface area contributed by atoms with E-state index in [-0.39, 0.29) is 11.6 Å². The maximum Gasteiger partial charge on any atom is 0.261 e. The van der Waals surface area contributed by atoms with E-state index in [1.165, 1.54) is 6.20 Å². The van der Waals surface area contributed by atoms with Crippen LogP contribution in [0.2, 0.25) is 0 Å². The van der Waals surface area contributed by atoms with Gasteiger partial charge in [-0.05, 0) is 6.07 Å². The van der Waals surface area contributed by atoms with Crippen LogP contribution >= 0.6 is 0 Å². The van der Waals surface area contributed by atoms with E-state index in [4.69, 9.17) is 9.26 Å². The molecule has 0 aliphatic rings. The molecule has 0 aromatic carbocycles. The zero-order valence-corrected chi connectivity index (χ0v) is 8.75. The summed E-state index contributed by atoms with van der Waals surface area (Å²) < 4.78 is 9.93. The van der Waals surface area contributed by atoms with E-state index in [9.17, 15) is 5.11 Å². The molecule has 0 unspecified atom stereocenters. The maximum absolute atomic E-state index is 9.53. The van der Waals surface area contributed by atoms with Gasteiger partial charge in [0.2, 0.25) is 0 Å². The molecule has 6 nitrogen and oxygen atoms in total. The SMILES string of the molecule is COCCc1noc(-c2ccncc2O)n1. The number of aromatic nitrogens is 3. The molecule has 0 amide bonds. The molecular weight excluding hydrogens is 210 g/mol. The fourth-order valence-electron chi connectivity index (χ4n) is 1.23. The summed E-state index contributed by atoms with van der Waals surface area (Å²) in [7, 11) is 1.61. The predicted octanol–water partition coefficient (Wildman–Crippen LogP) is 1.03. The van der Waals surface area contributed by atoms with Gasteiger partial charge in [-0.25, -0.2) is 0 Å². The summed E-state index contributed by atoms with van der Waals surface area (Å²) in [4.78, 5) is 7.90. The highest BCUT2D eigenvalue weighted by Gasteiger charge is 2.12. The molecule has 2 rings (SSSR count). The van der Waals surface area contributed by atoms with E-state index in [0.29, 0.717) is 24.4 Å². The normalized spacial score (nSPS) is 10.6. The zero-order valence-electron chi connectivity index (χ0n) is 8.75. The second kappa shape index (κ2) is 4.71.